The van der Waals surface area contributed by atoms with Crippen LogP contribution in [-0.4, -0.2) is 12.5 Å². The molecule has 0 bridgehead atoms. The number of carbonyl (C=O) groups is 1. The molecule has 0 aromatic heterocycles. The summed E-state index contributed by atoms with van der Waals surface area (Å²) in [6.45, 7) is 0.185. The van der Waals surface area contributed by atoms with Crippen LogP contribution in [0.3, 0.4) is 0 Å². The van der Waals surface area contributed by atoms with Crippen molar-refractivity contribution < 1.29 is 13.6 Å². The van der Waals surface area contributed by atoms with Gasteiger partial charge in [0.1, 0.15) is 17.2 Å². The van der Waals surface area contributed by atoms with Crippen molar-refractivity contribution in [2.24, 2.45) is 0 Å². The van der Waals surface area contributed by atoms with Gasteiger partial charge in [-0.05, 0) is 12.1 Å². The zero-order chi connectivity index (χ0) is 12.1. The van der Waals surface area contributed by atoms with Crippen molar-refractivity contribution >= 4 is 21.8 Å². The van der Waals surface area contributed by atoms with Crippen molar-refractivity contribution in [3.63, 3.8) is 0 Å². The average molecular weight is 288 g/mol. The zero-order valence-electron chi connectivity index (χ0n) is 8.19. The molecule has 0 atom stereocenters. The zero-order valence-corrected chi connectivity index (χ0v) is 9.77. The summed E-state index contributed by atoms with van der Waals surface area (Å²) in [4.78, 5) is 11.4. The first-order valence-electron chi connectivity index (χ1n) is 4.42. The monoisotopic (exact) mass is 287 g/mol. The Bertz CT molecular complexity index is 431. The number of amides is 1. The van der Waals surface area contributed by atoms with E-state index in [-0.39, 0.29) is 11.0 Å². The molecule has 1 amide bonds. The van der Waals surface area contributed by atoms with Gasteiger partial charge in [0.15, 0.2) is 0 Å². The SMILES string of the molecule is C#CCCNC(=O)c1c(F)cc(Br)cc1F. The number of benzene rings is 1. The van der Waals surface area contributed by atoms with Gasteiger partial charge in [-0.25, -0.2) is 8.78 Å². The van der Waals surface area contributed by atoms with Crippen molar-refractivity contribution in [2.45, 2.75) is 6.42 Å². The standard InChI is InChI=1S/C11H8BrF2NO/c1-2-3-4-15-11(16)10-8(13)5-7(12)6-9(10)14/h1,5-6H,3-4H2,(H,15,16). The third-order valence-electron chi connectivity index (χ3n) is 1.79. The van der Waals surface area contributed by atoms with E-state index in [0.29, 0.717) is 6.42 Å². The Morgan fingerprint density at radius 1 is 1.44 bits per heavy atom. The van der Waals surface area contributed by atoms with Crippen molar-refractivity contribution in [3.8, 4) is 12.3 Å². The third kappa shape index (κ3) is 3.04. The van der Waals surface area contributed by atoms with Crippen LogP contribution in [0.25, 0.3) is 0 Å². The smallest absolute Gasteiger partial charge is 0.257 e. The molecule has 0 spiro atoms. The van der Waals surface area contributed by atoms with Gasteiger partial charge in [0.2, 0.25) is 0 Å². The summed E-state index contributed by atoms with van der Waals surface area (Å²) in [6.07, 6.45) is 5.29. The third-order valence-corrected chi connectivity index (χ3v) is 2.25. The maximum Gasteiger partial charge on any atom is 0.257 e. The van der Waals surface area contributed by atoms with Crippen LogP contribution in [-0.2, 0) is 0 Å². The largest absolute Gasteiger partial charge is 0.351 e. The predicted molar refractivity (Wildman–Crippen MR) is 59.8 cm³/mol. The molecule has 0 saturated carbocycles. The highest BCUT2D eigenvalue weighted by Crippen LogP contribution is 2.19. The van der Waals surface area contributed by atoms with E-state index >= 15 is 0 Å². The fraction of sp³-hybridized carbons (Fsp3) is 0.182. The van der Waals surface area contributed by atoms with E-state index in [1.807, 2.05) is 0 Å². The van der Waals surface area contributed by atoms with Gasteiger partial charge >= 0.3 is 0 Å². The molecule has 1 aromatic carbocycles. The molecule has 16 heavy (non-hydrogen) atoms. The first kappa shape index (κ1) is 12.7. The summed E-state index contributed by atoms with van der Waals surface area (Å²) < 4.78 is 26.8. The highest BCUT2D eigenvalue weighted by Gasteiger charge is 2.17. The fourth-order valence-corrected chi connectivity index (χ4v) is 1.50. The summed E-state index contributed by atoms with van der Waals surface area (Å²) in [7, 11) is 0. The molecule has 0 radical (unpaired) electrons. The van der Waals surface area contributed by atoms with Crippen LogP contribution in [0.1, 0.15) is 16.8 Å². The van der Waals surface area contributed by atoms with Crippen molar-refractivity contribution in [2.75, 3.05) is 6.54 Å². The lowest BCUT2D eigenvalue weighted by Gasteiger charge is -2.06. The number of terminal acetylenes is 1. The highest BCUT2D eigenvalue weighted by atomic mass is 79.9. The Labute approximate surface area is 100 Å². The van der Waals surface area contributed by atoms with Gasteiger partial charge < -0.3 is 5.32 Å². The minimum Gasteiger partial charge on any atom is -0.351 e. The first-order valence-corrected chi connectivity index (χ1v) is 5.21. The number of nitrogens with one attached hydrogen (secondary N) is 1. The second kappa shape index (κ2) is 5.61. The van der Waals surface area contributed by atoms with Gasteiger partial charge in [-0.3, -0.25) is 4.79 Å². The van der Waals surface area contributed by atoms with Gasteiger partial charge in [-0.2, -0.15) is 0 Å². The Hall–Kier alpha value is -1.41. The van der Waals surface area contributed by atoms with Crippen LogP contribution in [0.2, 0.25) is 0 Å². The summed E-state index contributed by atoms with van der Waals surface area (Å²) in [5.74, 6) is -0.328. The molecule has 0 aliphatic heterocycles. The lowest BCUT2D eigenvalue weighted by atomic mass is 10.2. The van der Waals surface area contributed by atoms with Crippen LogP contribution in [0, 0.1) is 24.0 Å². The number of hydrogen-bond donors (Lipinski definition) is 1. The minimum atomic E-state index is -0.912. The number of halogens is 3. The Balaban J connectivity index is 2.88. The minimum absolute atomic E-state index is 0.185. The van der Waals surface area contributed by atoms with E-state index in [2.05, 4.69) is 27.2 Å². The molecule has 1 rings (SSSR count). The predicted octanol–water partition coefficient (Wildman–Crippen LogP) is 2.48. The molecule has 0 aliphatic carbocycles. The fourth-order valence-electron chi connectivity index (χ4n) is 1.10. The van der Waals surface area contributed by atoms with Crippen molar-refractivity contribution in [3.05, 3.63) is 33.8 Å². The number of carbonyl (C=O) groups excluding carboxylic acids is 1. The Morgan fingerprint density at radius 2 is 2.00 bits per heavy atom. The molecular formula is C11H8BrF2NO. The van der Waals surface area contributed by atoms with E-state index in [1.165, 1.54) is 0 Å². The summed E-state index contributed by atoms with van der Waals surface area (Å²) in [5, 5.41) is 2.32. The van der Waals surface area contributed by atoms with Crippen LogP contribution in [0.4, 0.5) is 8.78 Å². The number of hydrogen-bond acceptors (Lipinski definition) is 1. The van der Waals surface area contributed by atoms with E-state index < -0.39 is 23.1 Å². The van der Waals surface area contributed by atoms with E-state index in [1.54, 1.807) is 0 Å². The second-order valence-electron chi connectivity index (χ2n) is 2.95. The van der Waals surface area contributed by atoms with E-state index in [9.17, 15) is 13.6 Å². The molecule has 0 unspecified atom stereocenters. The molecule has 2 nitrogen and oxygen atoms in total. The summed E-state index contributed by atoms with van der Waals surface area (Å²) in [6, 6.07) is 2.05. The molecule has 84 valence electrons. The second-order valence-corrected chi connectivity index (χ2v) is 3.87. The molecular weight excluding hydrogens is 280 g/mol. The molecule has 5 heteroatoms. The Morgan fingerprint density at radius 3 is 2.50 bits per heavy atom. The van der Waals surface area contributed by atoms with Crippen LogP contribution < -0.4 is 5.32 Å². The molecule has 1 aromatic rings. The molecule has 0 heterocycles. The average Bonchev–Trinajstić information content (AvgIpc) is 2.16. The van der Waals surface area contributed by atoms with E-state index in [4.69, 9.17) is 6.42 Å². The van der Waals surface area contributed by atoms with Crippen molar-refractivity contribution in [1.29, 1.82) is 0 Å². The van der Waals surface area contributed by atoms with E-state index in [0.717, 1.165) is 12.1 Å². The van der Waals surface area contributed by atoms with Gasteiger partial charge in [0, 0.05) is 17.4 Å². The maximum atomic E-state index is 13.3. The van der Waals surface area contributed by atoms with Crippen molar-refractivity contribution in [1.82, 2.24) is 5.32 Å². The molecule has 0 saturated heterocycles. The lowest BCUT2D eigenvalue weighted by molar-refractivity contribution is 0.0946. The number of rotatable bonds is 3. The van der Waals surface area contributed by atoms with Gasteiger partial charge in [-0.15, -0.1) is 12.3 Å². The molecule has 0 fully saturated rings. The summed E-state index contributed by atoms with van der Waals surface area (Å²) >= 11 is 2.92. The van der Waals surface area contributed by atoms with Crippen LogP contribution >= 0.6 is 15.9 Å². The topological polar surface area (TPSA) is 29.1 Å². The first-order chi connectivity index (χ1) is 7.56. The molecule has 1 N–H and O–H groups in total. The quantitative estimate of drug-likeness (QED) is 0.672. The highest BCUT2D eigenvalue weighted by molar-refractivity contribution is 9.10. The van der Waals surface area contributed by atoms with Gasteiger partial charge in [0.25, 0.3) is 5.91 Å². The maximum absolute atomic E-state index is 13.3. The van der Waals surface area contributed by atoms with Crippen LogP contribution in [0.15, 0.2) is 16.6 Å². The summed E-state index contributed by atoms with van der Waals surface area (Å²) in [5.41, 5.74) is -0.597. The van der Waals surface area contributed by atoms with Crippen LogP contribution in [0.5, 0.6) is 0 Å². The van der Waals surface area contributed by atoms with Gasteiger partial charge in [-0.1, -0.05) is 15.9 Å². The van der Waals surface area contributed by atoms with Gasteiger partial charge in [0.05, 0.1) is 0 Å². The normalized spacial score (nSPS) is 9.62. The molecule has 0 aliphatic rings. The lowest BCUT2D eigenvalue weighted by Crippen LogP contribution is -2.26. The Kier molecular flexibility index (Phi) is 4.44.